The molecule has 1 aliphatic heterocycles. The van der Waals surface area contributed by atoms with E-state index in [1.807, 2.05) is 0 Å². The van der Waals surface area contributed by atoms with Crippen LogP contribution in [0.3, 0.4) is 0 Å². The molecule has 0 aromatic rings. The fourth-order valence-corrected chi connectivity index (χ4v) is 2.18. The van der Waals surface area contributed by atoms with Crippen LogP contribution >= 0.6 is 11.6 Å². The first-order valence-electron chi connectivity index (χ1n) is 6.45. The molecule has 1 aliphatic rings. The van der Waals surface area contributed by atoms with Gasteiger partial charge in [-0.15, -0.1) is 11.6 Å². The highest BCUT2D eigenvalue weighted by Crippen LogP contribution is 2.00. The van der Waals surface area contributed by atoms with Crippen LogP contribution in [-0.4, -0.2) is 68.2 Å². The van der Waals surface area contributed by atoms with Crippen LogP contribution in [0.4, 0.5) is 0 Å². The highest BCUT2D eigenvalue weighted by atomic mass is 35.5. The zero-order chi connectivity index (χ0) is 11.6. The number of hydrogen-bond acceptors (Lipinski definition) is 3. The summed E-state index contributed by atoms with van der Waals surface area (Å²) in [6.07, 6.45) is 2.54. The van der Waals surface area contributed by atoms with E-state index in [9.17, 15) is 0 Å². The van der Waals surface area contributed by atoms with E-state index >= 15 is 0 Å². The van der Waals surface area contributed by atoms with Crippen molar-refractivity contribution in [1.82, 2.24) is 9.80 Å². The minimum atomic E-state index is 0.743. The molecule has 0 radical (unpaired) electrons. The van der Waals surface area contributed by atoms with Gasteiger partial charge in [0.05, 0.1) is 13.2 Å². The molecule has 0 atom stereocenters. The van der Waals surface area contributed by atoms with Gasteiger partial charge in [-0.3, -0.25) is 4.90 Å². The van der Waals surface area contributed by atoms with E-state index in [-0.39, 0.29) is 0 Å². The second-order valence-corrected chi connectivity index (χ2v) is 4.72. The van der Waals surface area contributed by atoms with Gasteiger partial charge in [-0.05, 0) is 13.0 Å². The molecule has 1 fully saturated rings. The summed E-state index contributed by atoms with van der Waals surface area (Å²) in [5, 5.41) is 0. The summed E-state index contributed by atoms with van der Waals surface area (Å²) in [6.45, 7) is 10.7. The van der Waals surface area contributed by atoms with E-state index in [2.05, 4.69) is 16.7 Å². The molecule has 0 aliphatic carbocycles. The van der Waals surface area contributed by atoms with Crippen molar-refractivity contribution in [3.05, 3.63) is 0 Å². The van der Waals surface area contributed by atoms with Gasteiger partial charge in [0.1, 0.15) is 0 Å². The molecule has 1 heterocycles. The van der Waals surface area contributed by atoms with Gasteiger partial charge >= 0.3 is 0 Å². The molecule has 16 heavy (non-hydrogen) atoms. The normalized spacial score (nSPS) is 18.2. The molecular formula is C12H25ClN2O. The van der Waals surface area contributed by atoms with E-state index in [1.54, 1.807) is 0 Å². The van der Waals surface area contributed by atoms with Gasteiger partial charge in [0, 0.05) is 38.6 Å². The predicted octanol–water partition coefficient (Wildman–Crippen LogP) is 1.66. The second kappa shape index (κ2) is 9.23. The zero-order valence-electron chi connectivity index (χ0n) is 10.5. The standard InChI is InChI=1S/C12H25ClN2O/c1-2-3-5-14(6-4-13)7-8-15-9-11-16-12-10-15/h2-12H2,1H3. The number of halogens is 1. The largest absolute Gasteiger partial charge is 0.379 e. The van der Waals surface area contributed by atoms with Crippen molar-refractivity contribution in [3.63, 3.8) is 0 Å². The van der Waals surface area contributed by atoms with E-state index in [4.69, 9.17) is 16.3 Å². The molecule has 3 nitrogen and oxygen atoms in total. The monoisotopic (exact) mass is 248 g/mol. The van der Waals surface area contributed by atoms with Gasteiger partial charge in [-0.1, -0.05) is 13.3 Å². The maximum absolute atomic E-state index is 5.82. The fraction of sp³-hybridized carbons (Fsp3) is 1.00. The quantitative estimate of drug-likeness (QED) is 0.608. The Morgan fingerprint density at radius 2 is 1.94 bits per heavy atom. The Morgan fingerprint density at radius 3 is 2.56 bits per heavy atom. The third-order valence-corrected chi connectivity index (χ3v) is 3.23. The highest BCUT2D eigenvalue weighted by molar-refractivity contribution is 6.18. The van der Waals surface area contributed by atoms with Crippen molar-refractivity contribution in [1.29, 1.82) is 0 Å². The first kappa shape index (κ1) is 14.2. The highest BCUT2D eigenvalue weighted by Gasteiger charge is 2.11. The van der Waals surface area contributed by atoms with Gasteiger partial charge in [-0.2, -0.15) is 0 Å². The molecule has 0 amide bonds. The maximum atomic E-state index is 5.82. The smallest absolute Gasteiger partial charge is 0.0594 e. The lowest BCUT2D eigenvalue weighted by Gasteiger charge is -2.29. The van der Waals surface area contributed by atoms with Crippen LogP contribution in [0, 0.1) is 0 Å². The topological polar surface area (TPSA) is 15.7 Å². The van der Waals surface area contributed by atoms with Crippen molar-refractivity contribution in [2.24, 2.45) is 0 Å². The summed E-state index contributed by atoms with van der Waals surface area (Å²) in [5.74, 6) is 0.743. The number of rotatable bonds is 8. The molecule has 0 aromatic carbocycles. The van der Waals surface area contributed by atoms with Crippen molar-refractivity contribution in [2.45, 2.75) is 19.8 Å². The third-order valence-electron chi connectivity index (χ3n) is 3.06. The van der Waals surface area contributed by atoms with Crippen LogP contribution in [0.25, 0.3) is 0 Å². The maximum Gasteiger partial charge on any atom is 0.0594 e. The summed E-state index contributed by atoms with van der Waals surface area (Å²) < 4.78 is 5.34. The lowest BCUT2D eigenvalue weighted by molar-refractivity contribution is 0.0336. The van der Waals surface area contributed by atoms with Gasteiger partial charge in [-0.25, -0.2) is 0 Å². The number of alkyl halides is 1. The first-order valence-corrected chi connectivity index (χ1v) is 6.98. The molecule has 0 spiro atoms. The number of ether oxygens (including phenoxy) is 1. The number of unbranched alkanes of at least 4 members (excludes halogenated alkanes) is 1. The minimum absolute atomic E-state index is 0.743. The third kappa shape index (κ3) is 6.04. The number of hydrogen-bond donors (Lipinski definition) is 0. The van der Waals surface area contributed by atoms with Crippen LogP contribution in [0.1, 0.15) is 19.8 Å². The summed E-state index contributed by atoms with van der Waals surface area (Å²) in [6, 6.07) is 0. The van der Waals surface area contributed by atoms with Gasteiger partial charge in [0.15, 0.2) is 0 Å². The average Bonchev–Trinajstić information content (AvgIpc) is 2.34. The Balaban J connectivity index is 2.14. The molecule has 4 heteroatoms. The lowest BCUT2D eigenvalue weighted by Crippen LogP contribution is -2.42. The summed E-state index contributed by atoms with van der Waals surface area (Å²) >= 11 is 5.82. The molecular weight excluding hydrogens is 224 g/mol. The SMILES string of the molecule is CCCCN(CCCl)CCN1CCOCC1. The molecule has 0 N–H and O–H groups in total. The Morgan fingerprint density at radius 1 is 1.19 bits per heavy atom. The van der Waals surface area contributed by atoms with Crippen LogP contribution < -0.4 is 0 Å². The van der Waals surface area contributed by atoms with E-state index in [1.165, 1.54) is 19.4 Å². The van der Waals surface area contributed by atoms with E-state index in [0.29, 0.717) is 0 Å². The van der Waals surface area contributed by atoms with Gasteiger partial charge in [0.2, 0.25) is 0 Å². The van der Waals surface area contributed by atoms with E-state index in [0.717, 1.165) is 51.8 Å². The van der Waals surface area contributed by atoms with Crippen LogP contribution in [0.5, 0.6) is 0 Å². The van der Waals surface area contributed by atoms with Crippen molar-refractivity contribution >= 4 is 11.6 Å². The lowest BCUT2D eigenvalue weighted by atomic mass is 10.3. The molecule has 0 saturated carbocycles. The van der Waals surface area contributed by atoms with Crippen LogP contribution in [0.15, 0.2) is 0 Å². The molecule has 0 aromatic heterocycles. The fourth-order valence-electron chi connectivity index (χ4n) is 1.94. The number of morpholine rings is 1. The summed E-state index contributed by atoms with van der Waals surface area (Å²) in [4.78, 5) is 4.96. The number of nitrogens with zero attached hydrogens (tertiary/aromatic N) is 2. The summed E-state index contributed by atoms with van der Waals surface area (Å²) in [5.41, 5.74) is 0. The van der Waals surface area contributed by atoms with Gasteiger partial charge in [0.25, 0.3) is 0 Å². The Labute approximate surface area is 105 Å². The van der Waals surface area contributed by atoms with Crippen LogP contribution in [0.2, 0.25) is 0 Å². The Kier molecular flexibility index (Phi) is 8.21. The average molecular weight is 249 g/mol. The molecule has 0 unspecified atom stereocenters. The van der Waals surface area contributed by atoms with Crippen molar-refractivity contribution in [2.75, 3.05) is 58.4 Å². The Bertz CT molecular complexity index is 163. The molecule has 1 rings (SSSR count). The Hall–Kier alpha value is 0.170. The van der Waals surface area contributed by atoms with E-state index < -0.39 is 0 Å². The van der Waals surface area contributed by atoms with Crippen molar-refractivity contribution in [3.8, 4) is 0 Å². The first-order chi connectivity index (χ1) is 7.86. The van der Waals surface area contributed by atoms with Crippen molar-refractivity contribution < 1.29 is 4.74 Å². The predicted molar refractivity (Wildman–Crippen MR) is 69.3 cm³/mol. The minimum Gasteiger partial charge on any atom is -0.379 e. The van der Waals surface area contributed by atoms with Crippen LogP contribution in [-0.2, 0) is 4.74 Å². The second-order valence-electron chi connectivity index (χ2n) is 4.34. The molecule has 0 bridgehead atoms. The molecule has 96 valence electrons. The molecule has 1 saturated heterocycles. The summed E-state index contributed by atoms with van der Waals surface area (Å²) in [7, 11) is 0. The van der Waals surface area contributed by atoms with Gasteiger partial charge < -0.3 is 9.64 Å². The zero-order valence-corrected chi connectivity index (χ0v) is 11.2.